The summed E-state index contributed by atoms with van der Waals surface area (Å²) in [6.45, 7) is 13.7. The monoisotopic (exact) mass is 376 g/mol. The van der Waals surface area contributed by atoms with Crippen LogP contribution in [0, 0.1) is 6.92 Å². The zero-order chi connectivity index (χ0) is 19.6. The topological polar surface area (TPSA) is 58.1 Å². The summed E-state index contributed by atoms with van der Waals surface area (Å²) in [5.41, 5.74) is 2.42. The summed E-state index contributed by atoms with van der Waals surface area (Å²) in [6.07, 6.45) is 0.928. The van der Waals surface area contributed by atoms with Gasteiger partial charge in [0.15, 0.2) is 5.96 Å². The molecule has 0 amide bonds. The average Bonchev–Trinajstić information content (AvgIpc) is 2.67. The molecule has 1 saturated heterocycles. The van der Waals surface area contributed by atoms with Crippen molar-refractivity contribution in [2.24, 2.45) is 4.99 Å². The van der Waals surface area contributed by atoms with Gasteiger partial charge in [0.1, 0.15) is 5.75 Å². The van der Waals surface area contributed by atoms with E-state index in [1.807, 2.05) is 0 Å². The summed E-state index contributed by atoms with van der Waals surface area (Å²) >= 11 is 0. The molecule has 0 aliphatic carbocycles. The number of methoxy groups -OCH3 is 1. The van der Waals surface area contributed by atoms with Crippen LogP contribution in [0.25, 0.3) is 0 Å². The number of benzene rings is 1. The molecule has 0 spiro atoms. The van der Waals surface area contributed by atoms with E-state index < -0.39 is 0 Å². The van der Waals surface area contributed by atoms with Gasteiger partial charge in [-0.3, -0.25) is 9.89 Å². The Hall–Kier alpha value is -1.79. The van der Waals surface area contributed by atoms with Crippen LogP contribution in [0.2, 0.25) is 0 Å². The van der Waals surface area contributed by atoms with Gasteiger partial charge in [-0.25, -0.2) is 0 Å². The molecular weight excluding hydrogens is 340 g/mol. The second-order valence-corrected chi connectivity index (χ2v) is 7.21. The molecule has 0 aromatic heterocycles. The minimum absolute atomic E-state index is 0.403. The van der Waals surface area contributed by atoms with E-state index in [1.165, 1.54) is 5.56 Å². The number of nitrogens with one attached hydrogen (secondary N) is 2. The average molecular weight is 377 g/mol. The predicted octanol–water partition coefficient (Wildman–Crippen LogP) is 2.21. The van der Waals surface area contributed by atoms with Crippen molar-refractivity contribution in [1.82, 2.24) is 15.5 Å². The maximum absolute atomic E-state index is 5.53. The van der Waals surface area contributed by atoms with E-state index in [9.17, 15) is 0 Å². The second kappa shape index (κ2) is 11.1. The number of guanidine groups is 1. The first kappa shape index (κ1) is 21.5. The van der Waals surface area contributed by atoms with Crippen molar-refractivity contribution >= 4 is 5.96 Å². The zero-order valence-corrected chi connectivity index (χ0v) is 17.5. The Bertz CT molecular complexity index is 606. The van der Waals surface area contributed by atoms with Crippen LogP contribution in [0.4, 0.5) is 0 Å². The van der Waals surface area contributed by atoms with E-state index in [0.29, 0.717) is 12.1 Å². The Morgan fingerprint density at radius 1 is 1.41 bits per heavy atom. The molecule has 2 N–H and O–H groups in total. The number of hydrogen-bond acceptors (Lipinski definition) is 4. The van der Waals surface area contributed by atoms with Gasteiger partial charge in [0.25, 0.3) is 0 Å². The summed E-state index contributed by atoms with van der Waals surface area (Å²) in [7, 11) is 1.72. The molecule has 0 saturated carbocycles. The van der Waals surface area contributed by atoms with E-state index >= 15 is 0 Å². The van der Waals surface area contributed by atoms with Gasteiger partial charge in [0.2, 0.25) is 0 Å². The molecule has 6 nitrogen and oxygen atoms in total. The van der Waals surface area contributed by atoms with Crippen LogP contribution in [0.5, 0.6) is 5.75 Å². The smallest absolute Gasteiger partial charge is 0.191 e. The summed E-state index contributed by atoms with van der Waals surface area (Å²) in [5.74, 6) is 1.82. The molecule has 1 aliphatic rings. The number of morpholine rings is 1. The Labute approximate surface area is 164 Å². The molecule has 2 rings (SSSR count). The van der Waals surface area contributed by atoms with Crippen LogP contribution in [-0.2, 0) is 11.2 Å². The molecule has 1 aliphatic heterocycles. The van der Waals surface area contributed by atoms with Gasteiger partial charge in [0, 0.05) is 31.7 Å². The summed E-state index contributed by atoms with van der Waals surface area (Å²) in [5, 5.41) is 6.79. The van der Waals surface area contributed by atoms with E-state index in [2.05, 4.69) is 61.4 Å². The quantitative estimate of drug-likeness (QED) is 0.538. The fourth-order valence-corrected chi connectivity index (χ4v) is 3.41. The Morgan fingerprint density at radius 3 is 2.93 bits per heavy atom. The minimum Gasteiger partial charge on any atom is -0.496 e. The number of rotatable bonds is 8. The van der Waals surface area contributed by atoms with Crippen LogP contribution in [0.1, 0.15) is 31.9 Å². The Morgan fingerprint density at radius 2 is 2.22 bits per heavy atom. The third-order valence-electron chi connectivity index (χ3n) is 5.02. The second-order valence-electron chi connectivity index (χ2n) is 7.21. The number of nitrogens with zero attached hydrogens (tertiary/aromatic N) is 2. The third-order valence-corrected chi connectivity index (χ3v) is 5.02. The molecule has 152 valence electrons. The fraction of sp³-hybridized carbons (Fsp3) is 0.667. The van der Waals surface area contributed by atoms with Gasteiger partial charge in [-0.05, 0) is 51.3 Å². The molecule has 2 unspecified atom stereocenters. The highest BCUT2D eigenvalue weighted by atomic mass is 16.5. The molecule has 6 heteroatoms. The highest BCUT2D eigenvalue weighted by molar-refractivity contribution is 5.79. The first-order valence-electron chi connectivity index (χ1n) is 10.0. The van der Waals surface area contributed by atoms with Crippen LogP contribution in [0.15, 0.2) is 23.2 Å². The molecule has 27 heavy (non-hydrogen) atoms. The van der Waals surface area contributed by atoms with E-state index in [-0.39, 0.29) is 0 Å². The number of aliphatic imine (C=N–C) groups is 1. The highest BCUT2D eigenvalue weighted by Crippen LogP contribution is 2.19. The van der Waals surface area contributed by atoms with Gasteiger partial charge < -0.3 is 20.1 Å². The SMILES string of the molecule is CCNC(=NCC(C)N1CCOCC1C)NCCc1ccc(C)c(OC)c1. The molecule has 0 radical (unpaired) electrons. The largest absolute Gasteiger partial charge is 0.496 e. The normalized spacial score (nSPS) is 19.6. The number of aryl methyl sites for hydroxylation is 1. The van der Waals surface area contributed by atoms with Crippen molar-refractivity contribution in [3.05, 3.63) is 29.3 Å². The van der Waals surface area contributed by atoms with E-state index in [0.717, 1.165) is 63.1 Å². The first-order chi connectivity index (χ1) is 13.0. The summed E-state index contributed by atoms with van der Waals surface area (Å²) in [4.78, 5) is 7.27. The zero-order valence-electron chi connectivity index (χ0n) is 17.5. The molecule has 2 atom stereocenters. The maximum Gasteiger partial charge on any atom is 0.191 e. The van der Waals surface area contributed by atoms with Gasteiger partial charge in [-0.15, -0.1) is 0 Å². The Balaban J connectivity index is 1.85. The van der Waals surface area contributed by atoms with Crippen molar-refractivity contribution in [2.75, 3.05) is 46.5 Å². The molecule has 1 heterocycles. The number of hydrogen-bond donors (Lipinski definition) is 2. The van der Waals surface area contributed by atoms with Crippen molar-refractivity contribution in [2.45, 2.75) is 46.2 Å². The van der Waals surface area contributed by atoms with Crippen LogP contribution in [-0.4, -0.2) is 69.4 Å². The van der Waals surface area contributed by atoms with Gasteiger partial charge in [-0.1, -0.05) is 12.1 Å². The van der Waals surface area contributed by atoms with E-state index in [1.54, 1.807) is 7.11 Å². The summed E-state index contributed by atoms with van der Waals surface area (Å²) < 4.78 is 10.9. The van der Waals surface area contributed by atoms with Crippen LogP contribution >= 0.6 is 0 Å². The molecular formula is C21H36N4O2. The maximum atomic E-state index is 5.53. The van der Waals surface area contributed by atoms with Gasteiger partial charge >= 0.3 is 0 Å². The van der Waals surface area contributed by atoms with Crippen molar-refractivity contribution in [3.63, 3.8) is 0 Å². The molecule has 1 aromatic carbocycles. The standard InChI is InChI=1S/C21H36N4O2/c1-6-22-21(24-14-17(3)25-11-12-27-15-18(25)4)23-10-9-19-8-7-16(2)20(13-19)26-5/h7-8,13,17-18H,6,9-12,14-15H2,1-5H3,(H2,22,23,24). The lowest BCUT2D eigenvalue weighted by molar-refractivity contribution is -0.0165. The molecule has 1 fully saturated rings. The lowest BCUT2D eigenvalue weighted by Gasteiger charge is -2.37. The van der Waals surface area contributed by atoms with Crippen molar-refractivity contribution in [3.8, 4) is 5.75 Å². The van der Waals surface area contributed by atoms with Crippen molar-refractivity contribution < 1.29 is 9.47 Å². The van der Waals surface area contributed by atoms with Crippen molar-refractivity contribution in [1.29, 1.82) is 0 Å². The predicted molar refractivity (Wildman–Crippen MR) is 112 cm³/mol. The third kappa shape index (κ3) is 6.70. The lowest BCUT2D eigenvalue weighted by atomic mass is 10.1. The Kier molecular flexibility index (Phi) is 8.88. The van der Waals surface area contributed by atoms with Gasteiger partial charge in [-0.2, -0.15) is 0 Å². The van der Waals surface area contributed by atoms with Crippen LogP contribution < -0.4 is 15.4 Å². The molecule has 1 aromatic rings. The summed E-state index contributed by atoms with van der Waals surface area (Å²) in [6, 6.07) is 7.24. The van der Waals surface area contributed by atoms with Gasteiger partial charge in [0.05, 0.1) is 26.9 Å². The minimum atomic E-state index is 0.403. The van der Waals surface area contributed by atoms with Crippen LogP contribution in [0.3, 0.4) is 0 Å². The van der Waals surface area contributed by atoms with E-state index in [4.69, 9.17) is 14.5 Å². The first-order valence-corrected chi connectivity index (χ1v) is 10.0. The molecule has 0 bridgehead atoms. The fourth-order valence-electron chi connectivity index (χ4n) is 3.41. The highest BCUT2D eigenvalue weighted by Gasteiger charge is 2.23. The number of ether oxygens (including phenoxy) is 2. The lowest BCUT2D eigenvalue weighted by Crippen LogP contribution is -2.49.